The third-order valence-corrected chi connectivity index (χ3v) is 1.98. The number of benzene rings is 1. The summed E-state index contributed by atoms with van der Waals surface area (Å²) in [6.45, 7) is 5.09. The Morgan fingerprint density at radius 1 is 1.50 bits per heavy atom. The first-order chi connectivity index (χ1) is 9.19. The number of ether oxygens (including phenoxy) is 1. The Labute approximate surface area is 115 Å². The zero-order chi connectivity index (χ0) is 15.3. The molecule has 20 heavy (non-hydrogen) atoms. The number of hydrogen-bond donors (Lipinski definition) is 2. The van der Waals surface area contributed by atoms with Crippen molar-refractivity contribution >= 4 is 18.0 Å². The zero-order valence-corrected chi connectivity index (χ0v) is 11.3. The molecule has 0 saturated heterocycles. The van der Waals surface area contributed by atoms with E-state index in [9.17, 15) is 20.0 Å². The molecule has 0 saturated carbocycles. The summed E-state index contributed by atoms with van der Waals surface area (Å²) in [5, 5.41) is 23.7. The van der Waals surface area contributed by atoms with Gasteiger partial charge in [0, 0.05) is 17.7 Å². The maximum Gasteiger partial charge on any atom is 0.428 e. The predicted octanol–water partition coefficient (Wildman–Crippen LogP) is 2.16. The summed E-state index contributed by atoms with van der Waals surface area (Å²) in [6.07, 6.45) is 0.324. The summed E-state index contributed by atoms with van der Waals surface area (Å²) in [4.78, 5) is 21.3. The first-order valence-corrected chi connectivity index (χ1v) is 5.68. The van der Waals surface area contributed by atoms with E-state index in [0.717, 1.165) is 18.3 Å². The Morgan fingerprint density at radius 3 is 2.70 bits per heavy atom. The number of nitrogens with zero attached hydrogens (tertiary/aromatic N) is 2. The average molecular weight is 281 g/mol. The van der Waals surface area contributed by atoms with E-state index in [1.165, 1.54) is 6.07 Å². The van der Waals surface area contributed by atoms with Crippen LogP contribution >= 0.6 is 0 Å². The minimum atomic E-state index is -0.765. The van der Waals surface area contributed by atoms with E-state index < -0.39 is 16.6 Å². The van der Waals surface area contributed by atoms with Gasteiger partial charge in [0.1, 0.15) is 11.4 Å². The van der Waals surface area contributed by atoms with Crippen molar-refractivity contribution in [2.75, 3.05) is 0 Å². The summed E-state index contributed by atoms with van der Waals surface area (Å²) in [6, 6.07) is 3.47. The number of hydrazone groups is 1. The van der Waals surface area contributed by atoms with Crippen LogP contribution in [-0.4, -0.2) is 27.9 Å². The lowest BCUT2D eigenvalue weighted by molar-refractivity contribution is -0.384. The van der Waals surface area contributed by atoms with E-state index in [-0.39, 0.29) is 17.0 Å². The molecule has 1 rings (SSSR count). The van der Waals surface area contributed by atoms with Crippen LogP contribution in [0, 0.1) is 10.1 Å². The lowest BCUT2D eigenvalue weighted by Gasteiger charge is -2.18. The van der Waals surface area contributed by atoms with Gasteiger partial charge in [0.2, 0.25) is 0 Å². The second-order valence-corrected chi connectivity index (χ2v) is 4.87. The van der Waals surface area contributed by atoms with Crippen molar-refractivity contribution in [3.63, 3.8) is 0 Å². The summed E-state index contributed by atoms with van der Waals surface area (Å²) in [5.74, 6) is -0.190. The van der Waals surface area contributed by atoms with Gasteiger partial charge in [0.25, 0.3) is 5.69 Å². The van der Waals surface area contributed by atoms with Crippen molar-refractivity contribution in [2.24, 2.45) is 5.10 Å². The Hall–Kier alpha value is -2.64. The van der Waals surface area contributed by atoms with Gasteiger partial charge < -0.3 is 9.84 Å². The molecule has 0 aliphatic rings. The maximum absolute atomic E-state index is 11.3. The molecule has 0 aliphatic carbocycles. The van der Waals surface area contributed by atoms with Gasteiger partial charge in [-0.25, -0.2) is 10.2 Å². The average Bonchev–Trinajstić information content (AvgIpc) is 2.28. The molecular formula is C12H15N3O5. The second kappa shape index (κ2) is 6.00. The number of carbonyl (C=O) groups excluding carboxylic acids is 1. The highest BCUT2D eigenvalue weighted by Gasteiger charge is 2.15. The minimum absolute atomic E-state index is 0.107. The molecule has 0 radical (unpaired) electrons. The number of aromatic hydroxyl groups is 1. The number of non-ortho nitro benzene ring substituents is 1. The van der Waals surface area contributed by atoms with Gasteiger partial charge in [-0.05, 0) is 26.8 Å². The van der Waals surface area contributed by atoms with Crippen LogP contribution in [-0.2, 0) is 4.74 Å². The number of hydrogen-bond acceptors (Lipinski definition) is 6. The van der Waals surface area contributed by atoms with Crippen molar-refractivity contribution in [1.82, 2.24) is 5.43 Å². The van der Waals surface area contributed by atoms with E-state index >= 15 is 0 Å². The quantitative estimate of drug-likeness (QED) is 0.500. The van der Waals surface area contributed by atoms with Gasteiger partial charge in [-0.2, -0.15) is 5.10 Å². The third-order valence-electron chi connectivity index (χ3n) is 1.98. The molecule has 1 amide bonds. The number of rotatable bonds is 3. The molecule has 1 aromatic carbocycles. The third kappa shape index (κ3) is 4.92. The first kappa shape index (κ1) is 15.4. The highest BCUT2D eigenvalue weighted by atomic mass is 16.6. The van der Waals surface area contributed by atoms with Crippen LogP contribution in [0.4, 0.5) is 10.5 Å². The van der Waals surface area contributed by atoms with E-state index in [4.69, 9.17) is 4.74 Å². The van der Waals surface area contributed by atoms with Gasteiger partial charge in [-0.3, -0.25) is 10.1 Å². The van der Waals surface area contributed by atoms with Crippen LogP contribution in [0.1, 0.15) is 26.3 Å². The molecule has 0 spiro atoms. The fourth-order valence-electron chi connectivity index (χ4n) is 1.21. The number of nitro benzene ring substituents is 1. The number of nitrogens with one attached hydrogen (secondary N) is 1. The van der Waals surface area contributed by atoms with Gasteiger partial charge in [0.15, 0.2) is 0 Å². The van der Waals surface area contributed by atoms with Crippen molar-refractivity contribution < 1.29 is 19.6 Å². The molecule has 0 aliphatic heterocycles. The van der Waals surface area contributed by atoms with E-state index in [0.29, 0.717) is 0 Å². The minimum Gasteiger partial charge on any atom is -0.507 e. The Balaban J connectivity index is 2.73. The second-order valence-electron chi connectivity index (χ2n) is 4.87. The Kier molecular flexibility index (Phi) is 4.63. The number of carbonyl (C=O) groups is 1. The lowest BCUT2D eigenvalue weighted by Crippen LogP contribution is -2.29. The predicted molar refractivity (Wildman–Crippen MR) is 71.7 cm³/mol. The van der Waals surface area contributed by atoms with E-state index in [1.807, 2.05) is 0 Å². The molecule has 0 atom stereocenters. The summed E-state index contributed by atoms with van der Waals surface area (Å²) in [7, 11) is 0. The van der Waals surface area contributed by atoms with Gasteiger partial charge in [-0.1, -0.05) is 0 Å². The monoisotopic (exact) mass is 281 g/mol. The summed E-state index contributed by atoms with van der Waals surface area (Å²) in [5.41, 5.74) is 1.35. The SMILES string of the molecule is CC(C)(C)OC(=O)NN=Cc1cc([N+](=O)[O-])ccc1O. The van der Waals surface area contributed by atoms with Crippen molar-refractivity contribution in [1.29, 1.82) is 0 Å². The smallest absolute Gasteiger partial charge is 0.428 e. The van der Waals surface area contributed by atoms with Crippen LogP contribution < -0.4 is 5.43 Å². The van der Waals surface area contributed by atoms with Crippen LogP contribution in [0.15, 0.2) is 23.3 Å². The molecule has 0 aromatic heterocycles. The molecule has 0 fully saturated rings. The van der Waals surface area contributed by atoms with Gasteiger partial charge >= 0.3 is 6.09 Å². The van der Waals surface area contributed by atoms with Crippen LogP contribution in [0.5, 0.6) is 5.75 Å². The maximum atomic E-state index is 11.3. The van der Waals surface area contributed by atoms with Crippen molar-refractivity contribution in [3.8, 4) is 5.75 Å². The molecule has 2 N–H and O–H groups in total. The van der Waals surface area contributed by atoms with E-state index in [2.05, 4.69) is 10.5 Å². The lowest BCUT2D eigenvalue weighted by atomic mass is 10.2. The molecule has 1 aromatic rings. The fraction of sp³-hybridized carbons (Fsp3) is 0.333. The molecule has 108 valence electrons. The molecule has 8 heteroatoms. The molecule has 0 heterocycles. The standard InChI is InChI=1S/C12H15N3O5/c1-12(2,3)20-11(17)14-13-7-8-6-9(15(18)19)4-5-10(8)16/h4-7,16H,1-3H3,(H,14,17). The van der Waals surface area contributed by atoms with Gasteiger partial charge in [0.05, 0.1) is 11.1 Å². The number of phenols is 1. The van der Waals surface area contributed by atoms with Crippen LogP contribution in [0.25, 0.3) is 0 Å². The molecule has 0 unspecified atom stereocenters. The van der Waals surface area contributed by atoms with E-state index in [1.54, 1.807) is 20.8 Å². The van der Waals surface area contributed by atoms with Gasteiger partial charge in [-0.15, -0.1) is 0 Å². The topological polar surface area (TPSA) is 114 Å². The normalized spacial score (nSPS) is 11.3. The van der Waals surface area contributed by atoms with Crippen LogP contribution in [0.3, 0.4) is 0 Å². The van der Waals surface area contributed by atoms with Crippen molar-refractivity contribution in [2.45, 2.75) is 26.4 Å². The number of phenolic OH excluding ortho intramolecular Hbond substituents is 1. The number of amides is 1. The van der Waals surface area contributed by atoms with Crippen molar-refractivity contribution in [3.05, 3.63) is 33.9 Å². The highest BCUT2D eigenvalue weighted by molar-refractivity contribution is 5.85. The largest absolute Gasteiger partial charge is 0.507 e. The van der Waals surface area contributed by atoms with Crippen LogP contribution in [0.2, 0.25) is 0 Å². The highest BCUT2D eigenvalue weighted by Crippen LogP contribution is 2.21. The number of nitro groups is 1. The Bertz CT molecular complexity index is 549. The summed E-state index contributed by atoms with van der Waals surface area (Å²) < 4.78 is 4.93. The molecular weight excluding hydrogens is 266 g/mol. The molecule has 8 nitrogen and oxygen atoms in total. The zero-order valence-electron chi connectivity index (χ0n) is 11.3. The first-order valence-electron chi connectivity index (χ1n) is 5.68. The summed E-state index contributed by atoms with van der Waals surface area (Å²) >= 11 is 0. The Morgan fingerprint density at radius 2 is 2.15 bits per heavy atom. The fourth-order valence-corrected chi connectivity index (χ4v) is 1.21. The molecule has 0 bridgehead atoms.